The summed E-state index contributed by atoms with van der Waals surface area (Å²) in [7, 11) is 0. The molecule has 0 unspecified atom stereocenters. The van der Waals surface area contributed by atoms with Crippen molar-refractivity contribution in [1.29, 1.82) is 0 Å². The van der Waals surface area contributed by atoms with Crippen LogP contribution in [0, 0.1) is 0 Å². The van der Waals surface area contributed by atoms with Crippen LogP contribution in [0.2, 0.25) is 0 Å². The van der Waals surface area contributed by atoms with E-state index in [0.717, 1.165) is 52.1 Å². The second-order valence-corrected chi connectivity index (χ2v) is 8.92. The number of rotatable bonds is 3. The number of phenolic OH excluding ortho intramolecular Hbond substituents is 1. The SMILES string of the molecule is O=c1[nH]c2c(-c3cccs3)c(-c3cccs3)c(O)c(C3CCCCC3)c2o1. The minimum absolute atomic E-state index is 0.219. The van der Waals surface area contributed by atoms with Gasteiger partial charge in [-0.25, -0.2) is 4.79 Å². The Labute approximate surface area is 164 Å². The molecule has 3 heterocycles. The van der Waals surface area contributed by atoms with Gasteiger partial charge in [-0.05, 0) is 41.7 Å². The number of benzene rings is 1. The molecule has 2 N–H and O–H groups in total. The normalized spacial score (nSPS) is 15.6. The van der Waals surface area contributed by atoms with E-state index in [9.17, 15) is 9.90 Å². The molecule has 1 aliphatic rings. The maximum atomic E-state index is 12.2. The summed E-state index contributed by atoms with van der Waals surface area (Å²) < 4.78 is 5.58. The highest BCUT2D eigenvalue weighted by Crippen LogP contribution is 2.51. The molecule has 0 aliphatic heterocycles. The Morgan fingerprint density at radius 2 is 1.67 bits per heavy atom. The average molecular weight is 398 g/mol. The van der Waals surface area contributed by atoms with Gasteiger partial charge in [-0.3, -0.25) is 4.98 Å². The first-order valence-corrected chi connectivity index (χ1v) is 11.0. The summed E-state index contributed by atoms with van der Waals surface area (Å²) in [5, 5.41) is 15.4. The van der Waals surface area contributed by atoms with Gasteiger partial charge in [0.15, 0.2) is 5.58 Å². The largest absolute Gasteiger partial charge is 0.507 e. The monoisotopic (exact) mass is 397 g/mol. The standard InChI is InChI=1S/C21H19NO3S2/c23-19-15(12-6-2-1-3-7-12)20-18(22-21(24)25-20)16(13-8-4-10-26-13)17(19)14-9-5-11-27-14/h4-5,8-12,23H,1-3,6-7H2,(H,22,24). The number of aromatic nitrogens is 1. The summed E-state index contributed by atoms with van der Waals surface area (Å²) in [6, 6.07) is 8.00. The Morgan fingerprint density at radius 1 is 1.00 bits per heavy atom. The summed E-state index contributed by atoms with van der Waals surface area (Å²) in [5.74, 6) is 0.0156. The van der Waals surface area contributed by atoms with Crippen molar-refractivity contribution in [3.05, 3.63) is 51.1 Å². The van der Waals surface area contributed by atoms with Gasteiger partial charge in [-0.2, -0.15) is 0 Å². The number of hydrogen-bond acceptors (Lipinski definition) is 5. The van der Waals surface area contributed by atoms with Gasteiger partial charge in [-0.15, -0.1) is 22.7 Å². The molecule has 0 amide bonds. The highest BCUT2D eigenvalue weighted by atomic mass is 32.1. The molecule has 27 heavy (non-hydrogen) atoms. The molecule has 4 nitrogen and oxygen atoms in total. The van der Waals surface area contributed by atoms with Crippen LogP contribution in [0.25, 0.3) is 32.0 Å². The van der Waals surface area contributed by atoms with Crippen LogP contribution in [-0.4, -0.2) is 10.1 Å². The van der Waals surface area contributed by atoms with E-state index in [4.69, 9.17) is 4.42 Å². The maximum Gasteiger partial charge on any atom is 0.417 e. The minimum Gasteiger partial charge on any atom is -0.507 e. The van der Waals surface area contributed by atoms with Crippen molar-refractivity contribution < 1.29 is 9.52 Å². The molecular formula is C21H19NO3S2. The third kappa shape index (κ3) is 2.75. The number of hydrogen-bond donors (Lipinski definition) is 2. The third-order valence-corrected chi connectivity index (χ3v) is 7.21. The van der Waals surface area contributed by atoms with Crippen molar-refractivity contribution in [1.82, 2.24) is 4.98 Å². The molecule has 4 aromatic rings. The Kier molecular flexibility index (Phi) is 4.17. The zero-order chi connectivity index (χ0) is 18.4. The lowest BCUT2D eigenvalue weighted by Crippen LogP contribution is -2.06. The fourth-order valence-corrected chi connectivity index (χ4v) is 5.84. The van der Waals surface area contributed by atoms with Crippen LogP contribution in [0.5, 0.6) is 5.75 Å². The summed E-state index contributed by atoms with van der Waals surface area (Å²) in [6.45, 7) is 0. The van der Waals surface area contributed by atoms with Crippen LogP contribution in [0.4, 0.5) is 0 Å². The molecule has 0 bridgehead atoms. The summed E-state index contributed by atoms with van der Waals surface area (Å²) in [5.41, 5.74) is 3.67. The van der Waals surface area contributed by atoms with Gasteiger partial charge in [-0.1, -0.05) is 31.4 Å². The highest BCUT2D eigenvalue weighted by molar-refractivity contribution is 7.14. The lowest BCUT2D eigenvalue weighted by Gasteiger charge is -2.24. The van der Waals surface area contributed by atoms with E-state index in [1.807, 2.05) is 35.0 Å². The smallest absolute Gasteiger partial charge is 0.417 e. The van der Waals surface area contributed by atoms with Gasteiger partial charge < -0.3 is 9.52 Å². The minimum atomic E-state index is -0.470. The Bertz CT molecular complexity index is 1130. The van der Waals surface area contributed by atoms with E-state index in [0.29, 0.717) is 11.1 Å². The fourth-order valence-electron chi connectivity index (χ4n) is 4.28. The summed E-state index contributed by atoms with van der Waals surface area (Å²) in [4.78, 5) is 17.1. The molecule has 0 atom stereocenters. The first-order valence-electron chi connectivity index (χ1n) is 9.23. The predicted molar refractivity (Wildman–Crippen MR) is 111 cm³/mol. The molecule has 0 spiro atoms. The number of phenols is 1. The first kappa shape index (κ1) is 16.8. The van der Waals surface area contributed by atoms with E-state index in [1.54, 1.807) is 22.7 Å². The zero-order valence-corrected chi connectivity index (χ0v) is 16.3. The number of aromatic hydroxyl groups is 1. The summed E-state index contributed by atoms with van der Waals surface area (Å²) in [6.07, 6.45) is 5.53. The quantitative estimate of drug-likeness (QED) is 0.424. The average Bonchev–Trinajstić information content (AvgIpc) is 3.43. The van der Waals surface area contributed by atoms with Gasteiger partial charge in [0.05, 0.1) is 5.52 Å². The Balaban J connectivity index is 1.90. The van der Waals surface area contributed by atoms with Gasteiger partial charge in [0, 0.05) is 26.4 Å². The number of thiophene rings is 2. The van der Waals surface area contributed by atoms with E-state index in [-0.39, 0.29) is 11.7 Å². The molecule has 1 aromatic carbocycles. The molecule has 0 saturated heterocycles. The molecule has 1 aliphatic carbocycles. The van der Waals surface area contributed by atoms with Gasteiger partial charge in [0.1, 0.15) is 5.75 Å². The van der Waals surface area contributed by atoms with Gasteiger partial charge in [0.2, 0.25) is 0 Å². The predicted octanol–water partition coefficient (Wildman–Crippen LogP) is 6.33. The molecule has 6 heteroatoms. The van der Waals surface area contributed by atoms with Crippen molar-refractivity contribution in [3.8, 4) is 26.6 Å². The van der Waals surface area contributed by atoms with Crippen LogP contribution >= 0.6 is 22.7 Å². The second kappa shape index (κ2) is 6.69. The number of nitrogens with one attached hydrogen (secondary N) is 1. The Hall–Kier alpha value is -2.31. The molecule has 1 fully saturated rings. The first-order chi connectivity index (χ1) is 13.2. The maximum absolute atomic E-state index is 12.2. The van der Waals surface area contributed by atoms with Gasteiger partial charge >= 0.3 is 5.76 Å². The van der Waals surface area contributed by atoms with Crippen LogP contribution in [0.3, 0.4) is 0 Å². The Morgan fingerprint density at radius 3 is 2.30 bits per heavy atom. The van der Waals surface area contributed by atoms with Crippen molar-refractivity contribution in [3.63, 3.8) is 0 Å². The van der Waals surface area contributed by atoms with E-state index >= 15 is 0 Å². The number of fused-ring (bicyclic) bond motifs is 1. The van der Waals surface area contributed by atoms with Crippen molar-refractivity contribution in [2.24, 2.45) is 0 Å². The van der Waals surface area contributed by atoms with E-state index in [2.05, 4.69) is 4.98 Å². The molecule has 0 radical (unpaired) electrons. The summed E-state index contributed by atoms with van der Waals surface area (Å²) >= 11 is 3.19. The molecular weight excluding hydrogens is 378 g/mol. The number of aromatic amines is 1. The van der Waals surface area contributed by atoms with Crippen LogP contribution in [0.15, 0.2) is 44.2 Å². The van der Waals surface area contributed by atoms with E-state index in [1.165, 1.54) is 6.42 Å². The van der Waals surface area contributed by atoms with Crippen molar-refractivity contribution in [2.75, 3.05) is 0 Å². The second-order valence-electron chi connectivity index (χ2n) is 7.02. The zero-order valence-electron chi connectivity index (χ0n) is 14.7. The molecule has 3 aromatic heterocycles. The molecule has 138 valence electrons. The van der Waals surface area contributed by atoms with Crippen molar-refractivity contribution in [2.45, 2.75) is 38.0 Å². The molecule has 5 rings (SSSR count). The fraction of sp³-hybridized carbons (Fsp3) is 0.286. The number of oxazole rings is 1. The molecule has 1 saturated carbocycles. The van der Waals surface area contributed by atoms with Crippen LogP contribution in [0.1, 0.15) is 43.6 Å². The van der Waals surface area contributed by atoms with Crippen LogP contribution < -0.4 is 5.76 Å². The van der Waals surface area contributed by atoms with Crippen LogP contribution in [-0.2, 0) is 0 Å². The lowest BCUT2D eigenvalue weighted by atomic mass is 9.81. The topological polar surface area (TPSA) is 66.2 Å². The number of H-pyrrole nitrogens is 1. The third-order valence-electron chi connectivity index (χ3n) is 5.43. The van der Waals surface area contributed by atoms with Gasteiger partial charge in [0.25, 0.3) is 0 Å². The van der Waals surface area contributed by atoms with E-state index < -0.39 is 5.76 Å². The lowest BCUT2D eigenvalue weighted by molar-refractivity contribution is 0.412. The highest BCUT2D eigenvalue weighted by Gasteiger charge is 2.30. The van der Waals surface area contributed by atoms with Crippen molar-refractivity contribution >= 4 is 33.8 Å².